The van der Waals surface area contributed by atoms with Crippen molar-refractivity contribution in [2.24, 2.45) is 0 Å². The Hall–Kier alpha value is -2.56. The van der Waals surface area contributed by atoms with Crippen LogP contribution in [0.15, 0.2) is 36.4 Å². The molecule has 0 saturated heterocycles. The minimum absolute atomic E-state index is 0.0579. The van der Waals surface area contributed by atoms with E-state index in [4.69, 9.17) is 4.74 Å². The van der Waals surface area contributed by atoms with Crippen LogP contribution in [0.2, 0.25) is 0 Å². The SMILES string of the molecule is COc1ccc(F)c(CNc2ccc3c(c2)C(=O)NCC3)c1. The van der Waals surface area contributed by atoms with E-state index in [1.807, 2.05) is 18.2 Å². The van der Waals surface area contributed by atoms with E-state index in [0.717, 1.165) is 17.7 Å². The average molecular weight is 300 g/mol. The fourth-order valence-corrected chi connectivity index (χ4v) is 2.53. The third-order valence-electron chi connectivity index (χ3n) is 3.77. The van der Waals surface area contributed by atoms with E-state index < -0.39 is 0 Å². The van der Waals surface area contributed by atoms with Crippen molar-refractivity contribution in [1.29, 1.82) is 0 Å². The number of hydrogen-bond donors (Lipinski definition) is 2. The third-order valence-corrected chi connectivity index (χ3v) is 3.77. The summed E-state index contributed by atoms with van der Waals surface area (Å²) in [4.78, 5) is 11.8. The van der Waals surface area contributed by atoms with E-state index >= 15 is 0 Å². The van der Waals surface area contributed by atoms with Crippen LogP contribution in [0.4, 0.5) is 10.1 Å². The van der Waals surface area contributed by atoms with Gasteiger partial charge in [-0.25, -0.2) is 4.39 Å². The molecule has 2 aromatic carbocycles. The number of nitrogens with one attached hydrogen (secondary N) is 2. The minimum atomic E-state index is -0.288. The number of carbonyl (C=O) groups is 1. The molecule has 0 aliphatic carbocycles. The van der Waals surface area contributed by atoms with Gasteiger partial charge < -0.3 is 15.4 Å². The summed E-state index contributed by atoms with van der Waals surface area (Å²) in [5.41, 5.74) is 3.03. The Balaban J connectivity index is 1.77. The number of anilines is 1. The molecule has 1 aliphatic rings. The lowest BCUT2D eigenvalue weighted by atomic mass is 10.00. The van der Waals surface area contributed by atoms with Crippen molar-refractivity contribution in [3.05, 3.63) is 58.9 Å². The highest BCUT2D eigenvalue weighted by molar-refractivity contribution is 5.97. The molecule has 0 saturated carbocycles. The first-order valence-corrected chi connectivity index (χ1v) is 7.15. The van der Waals surface area contributed by atoms with Crippen LogP contribution in [-0.4, -0.2) is 19.6 Å². The molecule has 114 valence electrons. The van der Waals surface area contributed by atoms with Crippen molar-refractivity contribution in [2.75, 3.05) is 19.0 Å². The zero-order valence-corrected chi connectivity index (χ0v) is 12.3. The summed E-state index contributed by atoms with van der Waals surface area (Å²) in [6.07, 6.45) is 0.839. The molecule has 5 heteroatoms. The Morgan fingerprint density at radius 3 is 2.95 bits per heavy atom. The van der Waals surface area contributed by atoms with Gasteiger partial charge >= 0.3 is 0 Å². The van der Waals surface area contributed by atoms with E-state index in [0.29, 0.717) is 30.0 Å². The molecular formula is C17H17FN2O2. The summed E-state index contributed by atoms with van der Waals surface area (Å²) < 4.78 is 18.9. The Kier molecular flexibility index (Phi) is 3.96. The zero-order valence-electron chi connectivity index (χ0n) is 12.3. The van der Waals surface area contributed by atoms with E-state index in [9.17, 15) is 9.18 Å². The number of amides is 1. The molecule has 22 heavy (non-hydrogen) atoms. The number of carbonyl (C=O) groups excluding carboxylic acids is 1. The summed E-state index contributed by atoms with van der Waals surface area (Å²) in [7, 11) is 1.55. The van der Waals surface area contributed by atoms with Crippen LogP contribution >= 0.6 is 0 Å². The maximum absolute atomic E-state index is 13.8. The maximum atomic E-state index is 13.8. The molecule has 2 aromatic rings. The fraction of sp³-hybridized carbons (Fsp3) is 0.235. The van der Waals surface area contributed by atoms with E-state index in [-0.39, 0.29) is 11.7 Å². The highest BCUT2D eigenvalue weighted by Gasteiger charge is 2.16. The highest BCUT2D eigenvalue weighted by Crippen LogP contribution is 2.21. The molecule has 1 amide bonds. The van der Waals surface area contributed by atoms with Gasteiger partial charge in [-0.1, -0.05) is 6.07 Å². The lowest BCUT2D eigenvalue weighted by Crippen LogP contribution is -2.31. The van der Waals surface area contributed by atoms with Gasteiger partial charge in [-0.15, -0.1) is 0 Å². The monoisotopic (exact) mass is 300 g/mol. The summed E-state index contributed by atoms with van der Waals surface area (Å²) >= 11 is 0. The second-order valence-corrected chi connectivity index (χ2v) is 5.19. The van der Waals surface area contributed by atoms with Crippen molar-refractivity contribution < 1.29 is 13.9 Å². The molecule has 1 heterocycles. The summed E-state index contributed by atoms with van der Waals surface area (Å²) in [6.45, 7) is 0.997. The van der Waals surface area contributed by atoms with Gasteiger partial charge in [0.2, 0.25) is 0 Å². The summed E-state index contributed by atoms with van der Waals surface area (Å²) in [5, 5.41) is 5.97. The molecule has 0 radical (unpaired) electrons. The molecule has 0 fully saturated rings. The highest BCUT2D eigenvalue weighted by atomic mass is 19.1. The molecule has 0 unspecified atom stereocenters. The third kappa shape index (κ3) is 2.88. The topological polar surface area (TPSA) is 50.4 Å². The van der Waals surface area contributed by atoms with Gasteiger partial charge in [-0.3, -0.25) is 4.79 Å². The first-order chi connectivity index (χ1) is 10.7. The molecule has 0 bridgehead atoms. The molecular weight excluding hydrogens is 283 g/mol. The van der Waals surface area contributed by atoms with Gasteiger partial charge in [-0.05, 0) is 42.3 Å². The Labute approximate surface area is 128 Å². The van der Waals surface area contributed by atoms with E-state index in [2.05, 4.69) is 10.6 Å². The van der Waals surface area contributed by atoms with Gasteiger partial charge in [0, 0.05) is 29.9 Å². The lowest BCUT2D eigenvalue weighted by Gasteiger charge is -2.17. The molecule has 4 nitrogen and oxygen atoms in total. The molecule has 1 aliphatic heterocycles. The van der Waals surface area contributed by atoms with Crippen molar-refractivity contribution in [3.63, 3.8) is 0 Å². The Morgan fingerprint density at radius 2 is 2.14 bits per heavy atom. The second-order valence-electron chi connectivity index (χ2n) is 5.19. The van der Waals surface area contributed by atoms with Crippen molar-refractivity contribution in [3.8, 4) is 5.75 Å². The predicted octanol–water partition coefficient (Wildman–Crippen LogP) is 2.73. The van der Waals surface area contributed by atoms with Crippen LogP contribution in [0, 0.1) is 5.82 Å². The average Bonchev–Trinajstić information content (AvgIpc) is 2.55. The first kappa shape index (κ1) is 14.4. The second kappa shape index (κ2) is 6.05. The number of halogens is 1. The van der Waals surface area contributed by atoms with E-state index in [1.165, 1.54) is 6.07 Å². The number of methoxy groups -OCH3 is 1. The van der Waals surface area contributed by atoms with Crippen LogP contribution in [-0.2, 0) is 13.0 Å². The van der Waals surface area contributed by atoms with Gasteiger partial charge in [0.15, 0.2) is 0 Å². The number of hydrogen-bond acceptors (Lipinski definition) is 3. The van der Waals surface area contributed by atoms with Gasteiger partial charge in [0.05, 0.1) is 7.11 Å². The minimum Gasteiger partial charge on any atom is -0.497 e. The zero-order chi connectivity index (χ0) is 15.5. The quantitative estimate of drug-likeness (QED) is 0.913. The molecule has 2 N–H and O–H groups in total. The number of ether oxygens (including phenoxy) is 1. The standard InChI is InChI=1S/C17H17FN2O2/c1-22-14-4-5-16(18)12(8-14)10-20-13-3-2-11-6-7-19-17(21)15(11)9-13/h2-5,8-9,20H,6-7,10H2,1H3,(H,19,21). The van der Waals surface area contributed by atoms with Gasteiger partial charge in [0.25, 0.3) is 5.91 Å². The van der Waals surface area contributed by atoms with E-state index in [1.54, 1.807) is 19.2 Å². The number of rotatable bonds is 4. The van der Waals surface area contributed by atoms with Crippen LogP contribution in [0.5, 0.6) is 5.75 Å². The van der Waals surface area contributed by atoms with Crippen molar-refractivity contribution in [1.82, 2.24) is 5.32 Å². The van der Waals surface area contributed by atoms with Gasteiger partial charge in [0.1, 0.15) is 11.6 Å². The smallest absolute Gasteiger partial charge is 0.251 e. The number of fused-ring (bicyclic) bond motifs is 1. The molecule has 0 spiro atoms. The predicted molar refractivity (Wildman–Crippen MR) is 82.8 cm³/mol. The largest absolute Gasteiger partial charge is 0.497 e. The van der Waals surface area contributed by atoms with Gasteiger partial charge in [-0.2, -0.15) is 0 Å². The van der Waals surface area contributed by atoms with Crippen LogP contribution in [0.25, 0.3) is 0 Å². The summed E-state index contributed by atoms with van der Waals surface area (Å²) in [5.74, 6) is 0.268. The normalized spacial score (nSPS) is 13.3. The van der Waals surface area contributed by atoms with Crippen LogP contribution in [0.3, 0.4) is 0 Å². The fourth-order valence-electron chi connectivity index (χ4n) is 2.53. The maximum Gasteiger partial charge on any atom is 0.251 e. The summed E-state index contributed by atoms with van der Waals surface area (Å²) in [6, 6.07) is 10.3. The van der Waals surface area contributed by atoms with Crippen molar-refractivity contribution >= 4 is 11.6 Å². The Bertz CT molecular complexity index is 716. The lowest BCUT2D eigenvalue weighted by molar-refractivity contribution is 0.0946. The van der Waals surface area contributed by atoms with Crippen LogP contribution in [0.1, 0.15) is 21.5 Å². The molecule has 0 atom stereocenters. The van der Waals surface area contributed by atoms with Crippen LogP contribution < -0.4 is 15.4 Å². The molecule has 3 rings (SSSR count). The Morgan fingerprint density at radius 1 is 1.27 bits per heavy atom. The molecule has 0 aromatic heterocycles. The van der Waals surface area contributed by atoms with Crippen molar-refractivity contribution in [2.45, 2.75) is 13.0 Å². The first-order valence-electron chi connectivity index (χ1n) is 7.15. The number of benzene rings is 2.